The van der Waals surface area contributed by atoms with Crippen LogP contribution in [0.3, 0.4) is 0 Å². The van der Waals surface area contributed by atoms with Crippen molar-refractivity contribution in [2.45, 2.75) is 37.0 Å². The Hall–Kier alpha value is -3.15. The number of amides is 1. The molecule has 11 heteroatoms. The van der Waals surface area contributed by atoms with E-state index in [1.165, 1.54) is 29.2 Å². The third-order valence-electron chi connectivity index (χ3n) is 5.47. The monoisotopic (exact) mass is 510 g/mol. The van der Waals surface area contributed by atoms with Gasteiger partial charge in [0.25, 0.3) is 5.91 Å². The van der Waals surface area contributed by atoms with Crippen molar-refractivity contribution in [3.63, 3.8) is 0 Å². The first kappa shape index (κ1) is 23.6. The number of nitrogens with zero attached hydrogens (tertiary/aromatic N) is 6. The molecular formula is C24H23FN6O2S2. The number of hydrogen-bond donors (Lipinski definition) is 0. The van der Waals surface area contributed by atoms with E-state index >= 15 is 0 Å². The summed E-state index contributed by atoms with van der Waals surface area (Å²) < 4.78 is 22.2. The first-order chi connectivity index (χ1) is 17.0. The highest BCUT2D eigenvalue weighted by Gasteiger charge is 2.28. The van der Waals surface area contributed by atoms with Gasteiger partial charge in [0.05, 0.1) is 23.6 Å². The van der Waals surface area contributed by atoms with Crippen LogP contribution in [0.4, 0.5) is 4.39 Å². The maximum atomic E-state index is 14.8. The number of pyridine rings is 1. The summed E-state index contributed by atoms with van der Waals surface area (Å²) in [5, 5.41) is 11.8. The molecule has 1 amide bonds. The molecule has 1 aliphatic rings. The number of para-hydroxylation sites is 1. The normalized spacial score (nSPS) is 18.1. The van der Waals surface area contributed by atoms with Gasteiger partial charge in [-0.2, -0.15) is 0 Å². The fraction of sp³-hybridized carbons (Fsp3) is 0.292. The number of ether oxygens (including phenoxy) is 1. The zero-order valence-electron chi connectivity index (χ0n) is 19.2. The van der Waals surface area contributed by atoms with E-state index in [9.17, 15) is 9.18 Å². The third kappa shape index (κ3) is 5.12. The van der Waals surface area contributed by atoms with Gasteiger partial charge in [-0.3, -0.25) is 14.3 Å². The second-order valence-corrected chi connectivity index (χ2v) is 10.1. The highest BCUT2D eigenvalue weighted by atomic mass is 32.2. The van der Waals surface area contributed by atoms with Gasteiger partial charge in [0, 0.05) is 36.4 Å². The lowest BCUT2D eigenvalue weighted by Crippen LogP contribution is -2.48. The summed E-state index contributed by atoms with van der Waals surface area (Å²) in [6, 6.07) is 10.1. The first-order valence-electron chi connectivity index (χ1n) is 11.1. The molecule has 1 aromatic carbocycles. The Balaban J connectivity index is 1.37. The molecule has 4 heterocycles. The second-order valence-electron chi connectivity index (χ2n) is 8.21. The van der Waals surface area contributed by atoms with Gasteiger partial charge in [0.1, 0.15) is 16.5 Å². The lowest BCUT2D eigenvalue weighted by Gasteiger charge is -2.34. The van der Waals surface area contributed by atoms with Crippen molar-refractivity contribution < 1.29 is 13.9 Å². The topological polar surface area (TPSA) is 86.0 Å². The van der Waals surface area contributed by atoms with Gasteiger partial charge in [-0.05, 0) is 38.1 Å². The van der Waals surface area contributed by atoms with Crippen molar-refractivity contribution in [1.29, 1.82) is 0 Å². The Labute approximate surface area is 210 Å². The molecule has 1 saturated heterocycles. The van der Waals surface area contributed by atoms with E-state index in [0.717, 1.165) is 10.6 Å². The van der Waals surface area contributed by atoms with Crippen LogP contribution in [0, 0.1) is 5.82 Å². The number of aromatic nitrogens is 5. The second kappa shape index (κ2) is 10.2. The largest absolute Gasteiger partial charge is 0.372 e. The molecule has 0 saturated carbocycles. The van der Waals surface area contributed by atoms with Gasteiger partial charge < -0.3 is 9.64 Å². The number of morpholine rings is 1. The van der Waals surface area contributed by atoms with Crippen molar-refractivity contribution in [3.8, 4) is 17.1 Å². The van der Waals surface area contributed by atoms with Crippen LogP contribution in [-0.4, -0.2) is 60.8 Å². The van der Waals surface area contributed by atoms with Crippen LogP contribution in [0.5, 0.6) is 0 Å². The molecule has 1 fully saturated rings. The summed E-state index contributed by atoms with van der Waals surface area (Å²) in [7, 11) is 0. The maximum absolute atomic E-state index is 14.8. The number of halogens is 1. The van der Waals surface area contributed by atoms with Crippen LogP contribution >= 0.6 is 23.1 Å². The Morgan fingerprint density at radius 2 is 1.89 bits per heavy atom. The molecule has 0 bridgehead atoms. The van der Waals surface area contributed by atoms with Gasteiger partial charge in [-0.25, -0.2) is 9.37 Å². The van der Waals surface area contributed by atoms with E-state index in [1.807, 2.05) is 26.0 Å². The number of rotatable bonds is 6. The summed E-state index contributed by atoms with van der Waals surface area (Å²) in [5.41, 5.74) is 1.57. The molecule has 0 N–H and O–H groups in total. The van der Waals surface area contributed by atoms with Crippen molar-refractivity contribution in [3.05, 3.63) is 70.7 Å². The highest BCUT2D eigenvalue weighted by Crippen LogP contribution is 2.31. The molecule has 5 rings (SSSR count). The minimum Gasteiger partial charge on any atom is -0.372 e. The Bertz CT molecular complexity index is 1320. The summed E-state index contributed by atoms with van der Waals surface area (Å²) in [5.74, 6) is 0.525. The van der Waals surface area contributed by atoms with E-state index in [-0.39, 0.29) is 23.9 Å². The molecule has 4 aromatic rings. The van der Waals surface area contributed by atoms with Crippen molar-refractivity contribution in [2.75, 3.05) is 13.1 Å². The molecule has 2 atom stereocenters. The molecule has 180 valence electrons. The van der Waals surface area contributed by atoms with Crippen LogP contribution in [0.15, 0.2) is 59.3 Å². The summed E-state index contributed by atoms with van der Waals surface area (Å²) >= 11 is 2.81. The van der Waals surface area contributed by atoms with Crippen LogP contribution in [0.2, 0.25) is 0 Å². The lowest BCUT2D eigenvalue weighted by atomic mass is 10.2. The number of carbonyl (C=O) groups excluding carboxylic acids is 1. The summed E-state index contributed by atoms with van der Waals surface area (Å²) in [6.45, 7) is 5.03. The number of carbonyl (C=O) groups is 1. The molecule has 0 aliphatic carbocycles. The fourth-order valence-corrected chi connectivity index (χ4v) is 5.74. The van der Waals surface area contributed by atoms with E-state index in [4.69, 9.17) is 4.74 Å². The zero-order chi connectivity index (χ0) is 24.4. The van der Waals surface area contributed by atoms with E-state index in [0.29, 0.717) is 41.2 Å². The van der Waals surface area contributed by atoms with Gasteiger partial charge in [0.2, 0.25) is 0 Å². The molecule has 8 nitrogen and oxygen atoms in total. The summed E-state index contributed by atoms with van der Waals surface area (Å²) in [6.07, 6.45) is 3.31. The SMILES string of the molecule is CC1CN(C(=O)c2csc(CSc3nnc(-c4ccncc4)n3-c3ccccc3F)n2)CC(C)O1. The van der Waals surface area contributed by atoms with Crippen LogP contribution in [0.25, 0.3) is 17.1 Å². The molecule has 0 spiro atoms. The maximum Gasteiger partial charge on any atom is 0.273 e. The molecule has 35 heavy (non-hydrogen) atoms. The quantitative estimate of drug-likeness (QED) is 0.354. The van der Waals surface area contributed by atoms with Gasteiger partial charge in [0.15, 0.2) is 11.0 Å². The molecule has 0 radical (unpaired) electrons. The van der Waals surface area contributed by atoms with E-state index in [2.05, 4.69) is 20.2 Å². The zero-order valence-corrected chi connectivity index (χ0v) is 20.8. The average molecular weight is 511 g/mol. The van der Waals surface area contributed by atoms with Crippen molar-refractivity contribution in [2.24, 2.45) is 0 Å². The van der Waals surface area contributed by atoms with Crippen LogP contribution < -0.4 is 0 Å². The number of thioether (sulfide) groups is 1. The average Bonchev–Trinajstić information content (AvgIpc) is 3.50. The smallest absolute Gasteiger partial charge is 0.273 e. The number of thiazole rings is 1. The highest BCUT2D eigenvalue weighted by molar-refractivity contribution is 7.98. The third-order valence-corrected chi connectivity index (χ3v) is 7.44. The van der Waals surface area contributed by atoms with Crippen molar-refractivity contribution in [1.82, 2.24) is 29.6 Å². The Morgan fingerprint density at radius 3 is 2.63 bits per heavy atom. The first-order valence-corrected chi connectivity index (χ1v) is 13.0. The predicted octanol–water partition coefficient (Wildman–Crippen LogP) is 4.47. The predicted molar refractivity (Wildman–Crippen MR) is 132 cm³/mol. The molecule has 1 aliphatic heterocycles. The Kier molecular flexibility index (Phi) is 6.89. The van der Waals surface area contributed by atoms with Gasteiger partial charge >= 0.3 is 0 Å². The standard InChI is InChI=1S/C24H23FN6O2S2/c1-15-11-30(12-16(2)33-15)23(32)19-13-34-21(27-19)14-35-24-29-28-22(17-7-9-26-10-8-17)31(24)20-6-4-3-5-18(20)25/h3-10,13,15-16H,11-12,14H2,1-2H3. The fourth-order valence-electron chi connectivity index (χ4n) is 4.01. The van der Waals surface area contributed by atoms with Crippen LogP contribution in [-0.2, 0) is 10.5 Å². The van der Waals surface area contributed by atoms with Gasteiger partial charge in [-0.15, -0.1) is 21.5 Å². The van der Waals surface area contributed by atoms with E-state index < -0.39 is 0 Å². The minimum atomic E-state index is -0.374. The molecular weight excluding hydrogens is 487 g/mol. The Morgan fingerprint density at radius 1 is 1.14 bits per heavy atom. The molecule has 3 aromatic heterocycles. The van der Waals surface area contributed by atoms with Crippen molar-refractivity contribution >= 4 is 29.0 Å². The number of benzene rings is 1. The minimum absolute atomic E-state index is 0.00398. The van der Waals surface area contributed by atoms with Crippen LogP contribution in [0.1, 0.15) is 29.3 Å². The molecule has 2 unspecified atom stereocenters. The van der Waals surface area contributed by atoms with E-state index in [1.54, 1.807) is 45.4 Å². The number of hydrogen-bond acceptors (Lipinski definition) is 8. The summed E-state index contributed by atoms with van der Waals surface area (Å²) in [4.78, 5) is 23.4. The van der Waals surface area contributed by atoms with Gasteiger partial charge in [-0.1, -0.05) is 23.9 Å². The lowest BCUT2D eigenvalue weighted by molar-refractivity contribution is -0.0587.